The van der Waals surface area contributed by atoms with E-state index in [9.17, 15) is 14.9 Å². The molecular formula is C19H26N4O4S. The van der Waals surface area contributed by atoms with Gasteiger partial charge in [-0.25, -0.2) is 9.78 Å². The average molecular weight is 407 g/mol. The lowest BCUT2D eigenvalue weighted by atomic mass is 9.73. The van der Waals surface area contributed by atoms with Gasteiger partial charge >= 0.3 is 11.8 Å². The summed E-state index contributed by atoms with van der Waals surface area (Å²) in [5, 5.41) is 16.7. The zero-order valence-corrected chi connectivity index (χ0v) is 17.1. The van der Waals surface area contributed by atoms with Crippen molar-refractivity contribution in [1.29, 1.82) is 0 Å². The van der Waals surface area contributed by atoms with E-state index < -0.39 is 11.0 Å². The van der Waals surface area contributed by atoms with Crippen LogP contribution in [0.25, 0.3) is 10.2 Å². The van der Waals surface area contributed by atoms with Crippen molar-refractivity contribution in [2.75, 3.05) is 5.32 Å². The Bertz CT molecular complexity index is 868. The molecule has 3 rings (SSSR count). The summed E-state index contributed by atoms with van der Waals surface area (Å²) in [6.07, 6.45) is 3.73. The molecule has 9 heteroatoms. The molecule has 2 aromatic heterocycles. The van der Waals surface area contributed by atoms with Gasteiger partial charge in [0, 0.05) is 6.04 Å². The number of ether oxygens (including phenoxy) is 1. The van der Waals surface area contributed by atoms with Crippen molar-refractivity contribution in [3.8, 4) is 0 Å². The molecule has 0 aromatic carbocycles. The van der Waals surface area contributed by atoms with Crippen LogP contribution in [-0.2, 0) is 4.74 Å². The number of carbonyl (C=O) groups excluding carboxylic acids is 1. The van der Waals surface area contributed by atoms with Crippen LogP contribution in [0.4, 0.5) is 16.2 Å². The highest BCUT2D eigenvalue weighted by Crippen LogP contribution is 2.40. The number of nitrogens with one attached hydrogen (secondary N) is 1. The summed E-state index contributed by atoms with van der Waals surface area (Å²) in [5.41, 5.74) is 6.38. The third-order valence-electron chi connectivity index (χ3n) is 5.30. The molecule has 0 aliphatic heterocycles. The Kier molecular flexibility index (Phi) is 5.74. The second-order valence-corrected chi connectivity index (χ2v) is 9.31. The number of hydrogen-bond acceptors (Lipinski definition) is 7. The molecule has 1 fully saturated rings. The smallest absolute Gasteiger partial charge is 0.404 e. The van der Waals surface area contributed by atoms with Gasteiger partial charge in [-0.2, -0.15) is 0 Å². The number of rotatable bonds is 5. The largest absolute Gasteiger partial charge is 0.446 e. The summed E-state index contributed by atoms with van der Waals surface area (Å²) < 4.78 is 6.23. The molecule has 2 aromatic rings. The molecule has 1 aliphatic rings. The van der Waals surface area contributed by atoms with Crippen molar-refractivity contribution in [3.63, 3.8) is 0 Å². The normalized spacial score (nSPS) is 21.2. The number of hydrogen-bond donors (Lipinski definition) is 2. The first-order valence-electron chi connectivity index (χ1n) is 9.40. The second kappa shape index (κ2) is 7.90. The molecule has 28 heavy (non-hydrogen) atoms. The molecule has 0 spiro atoms. The summed E-state index contributed by atoms with van der Waals surface area (Å²) in [7, 11) is 0. The number of amides is 1. The summed E-state index contributed by atoms with van der Waals surface area (Å²) in [4.78, 5) is 26.6. The van der Waals surface area contributed by atoms with Gasteiger partial charge in [-0.05, 0) is 48.5 Å². The maximum atomic E-state index is 11.5. The highest BCUT2D eigenvalue weighted by atomic mass is 32.1. The van der Waals surface area contributed by atoms with E-state index in [0.29, 0.717) is 5.69 Å². The van der Waals surface area contributed by atoms with Gasteiger partial charge in [-0.1, -0.05) is 20.8 Å². The predicted molar refractivity (Wildman–Crippen MR) is 110 cm³/mol. The molecule has 0 saturated heterocycles. The number of primary amides is 1. The van der Waals surface area contributed by atoms with E-state index in [0.717, 1.165) is 35.9 Å². The lowest BCUT2D eigenvalue weighted by molar-refractivity contribution is -0.384. The molecule has 152 valence electrons. The maximum Gasteiger partial charge on any atom is 0.404 e. The van der Waals surface area contributed by atoms with Gasteiger partial charge in [0.05, 0.1) is 15.1 Å². The molecule has 0 bridgehead atoms. The van der Waals surface area contributed by atoms with E-state index in [1.165, 1.54) is 17.5 Å². The summed E-state index contributed by atoms with van der Waals surface area (Å²) in [6, 6.07) is 1.98. The fraction of sp³-hybridized carbons (Fsp3) is 0.579. The van der Waals surface area contributed by atoms with E-state index in [-0.39, 0.29) is 29.2 Å². The lowest BCUT2D eigenvalue weighted by Gasteiger charge is -2.39. The molecule has 0 radical (unpaired) electrons. The van der Waals surface area contributed by atoms with Crippen molar-refractivity contribution in [2.24, 2.45) is 17.1 Å². The fourth-order valence-electron chi connectivity index (χ4n) is 4.06. The van der Waals surface area contributed by atoms with Crippen molar-refractivity contribution in [1.82, 2.24) is 4.98 Å². The Balaban J connectivity index is 1.73. The number of thiophene rings is 1. The minimum atomic E-state index is -0.743. The summed E-state index contributed by atoms with van der Waals surface area (Å²) in [6.45, 7) is 6.12. The SMILES string of the molecule is CC(C)(C)C(OC(N)=O)[C@H]1CC[C@H](Nc2c([N+](=O)[O-])cnc3ccsc23)CC1. The molecule has 1 saturated carbocycles. The predicted octanol–water partition coefficient (Wildman–Crippen LogP) is 4.69. The van der Waals surface area contributed by atoms with Gasteiger partial charge in [0.2, 0.25) is 0 Å². The third-order valence-corrected chi connectivity index (χ3v) is 6.22. The van der Waals surface area contributed by atoms with Crippen LogP contribution in [0.3, 0.4) is 0 Å². The minimum absolute atomic E-state index is 0.00158. The van der Waals surface area contributed by atoms with Crippen LogP contribution in [0.2, 0.25) is 0 Å². The maximum absolute atomic E-state index is 11.5. The van der Waals surface area contributed by atoms with E-state index in [4.69, 9.17) is 10.5 Å². The van der Waals surface area contributed by atoms with Crippen LogP contribution in [-0.4, -0.2) is 28.1 Å². The highest BCUT2D eigenvalue weighted by Gasteiger charge is 2.37. The van der Waals surface area contributed by atoms with Crippen molar-refractivity contribution in [2.45, 2.75) is 58.6 Å². The molecule has 8 nitrogen and oxygen atoms in total. The fourth-order valence-corrected chi connectivity index (χ4v) is 4.91. The van der Waals surface area contributed by atoms with Crippen molar-refractivity contribution < 1.29 is 14.5 Å². The van der Waals surface area contributed by atoms with E-state index in [1.807, 2.05) is 32.2 Å². The van der Waals surface area contributed by atoms with Crippen LogP contribution in [0.1, 0.15) is 46.5 Å². The van der Waals surface area contributed by atoms with Crippen molar-refractivity contribution in [3.05, 3.63) is 27.8 Å². The zero-order valence-electron chi connectivity index (χ0n) is 16.3. The number of nitrogens with zero attached hydrogens (tertiary/aromatic N) is 2. The Labute approximate surface area is 167 Å². The third kappa shape index (κ3) is 4.35. The summed E-state index contributed by atoms with van der Waals surface area (Å²) >= 11 is 1.45. The number of anilines is 1. The molecule has 1 aliphatic carbocycles. The molecule has 1 atom stereocenters. The monoisotopic (exact) mass is 406 g/mol. The van der Waals surface area contributed by atoms with E-state index >= 15 is 0 Å². The quantitative estimate of drug-likeness (QED) is 0.549. The number of nitrogens with two attached hydrogens (primary N) is 1. The topological polar surface area (TPSA) is 120 Å². The Morgan fingerprint density at radius 2 is 2.07 bits per heavy atom. The molecule has 1 unspecified atom stereocenters. The van der Waals surface area contributed by atoms with Gasteiger partial charge < -0.3 is 15.8 Å². The van der Waals surface area contributed by atoms with Crippen LogP contribution in [0.15, 0.2) is 17.6 Å². The number of fused-ring (bicyclic) bond motifs is 1. The van der Waals surface area contributed by atoms with Crippen molar-refractivity contribution >= 4 is 39.0 Å². The lowest BCUT2D eigenvalue weighted by Crippen LogP contribution is -2.42. The van der Waals surface area contributed by atoms with Crippen LogP contribution < -0.4 is 11.1 Å². The first-order valence-corrected chi connectivity index (χ1v) is 10.3. The number of aromatic nitrogens is 1. The van der Waals surface area contributed by atoms with Gasteiger partial charge in [0.15, 0.2) is 0 Å². The minimum Gasteiger partial charge on any atom is -0.446 e. The second-order valence-electron chi connectivity index (χ2n) is 8.39. The van der Waals surface area contributed by atoms with Gasteiger partial charge in [-0.3, -0.25) is 10.1 Å². The Morgan fingerprint density at radius 3 is 2.64 bits per heavy atom. The number of carbonyl (C=O) groups is 1. The molecular weight excluding hydrogens is 380 g/mol. The first-order chi connectivity index (χ1) is 13.2. The number of pyridine rings is 1. The van der Waals surface area contributed by atoms with Crippen LogP contribution >= 0.6 is 11.3 Å². The number of nitro groups is 1. The van der Waals surface area contributed by atoms with Crippen LogP contribution in [0.5, 0.6) is 0 Å². The van der Waals surface area contributed by atoms with Gasteiger partial charge in [0.25, 0.3) is 0 Å². The standard InChI is InChI=1S/C19H26N4O4S/c1-19(2,3)17(27-18(20)24)11-4-6-12(7-5-11)22-15-14(23(25)26)10-21-13-8-9-28-16(13)15/h8-12,17H,4-7H2,1-3H3,(H2,20,24)(H,21,22)/t11-,12-,17?. The molecule has 2 heterocycles. The first kappa shape index (κ1) is 20.3. The molecule has 3 N–H and O–H groups in total. The zero-order chi connectivity index (χ0) is 20.5. The van der Waals surface area contributed by atoms with Crippen LogP contribution in [0, 0.1) is 21.4 Å². The Hall–Kier alpha value is -2.42. The molecule has 1 amide bonds. The highest BCUT2D eigenvalue weighted by molar-refractivity contribution is 7.17. The average Bonchev–Trinajstić information content (AvgIpc) is 3.08. The Morgan fingerprint density at radius 1 is 1.39 bits per heavy atom. The van der Waals surface area contributed by atoms with Gasteiger partial charge in [-0.15, -0.1) is 11.3 Å². The van der Waals surface area contributed by atoms with E-state index in [2.05, 4.69) is 10.3 Å². The summed E-state index contributed by atoms with van der Waals surface area (Å²) in [5.74, 6) is 0.222. The van der Waals surface area contributed by atoms with Gasteiger partial charge in [0.1, 0.15) is 18.0 Å². The van der Waals surface area contributed by atoms with E-state index in [1.54, 1.807) is 0 Å².